The number of nitrogens with one attached hydrogen (secondary N) is 2. The number of rotatable bonds is 8. The maximum absolute atomic E-state index is 11.7. The third-order valence-electron chi connectivity index (χ3n) is 3.35. The summed E-state index contributed by atoms with van der Waals surface area (Å²) >= 11 is 0. The van der Waals surface area contributed by atoms with E-state index in [-0.39, 0.29) is 18.1 Å². The zero-order valence-electron chi connectivity index (χ0n) is 14.7. The maximum atomic E-state index is 11.7. The summed E-state index contributed by atoms with van der Waals surface area (Å²) in [4.78, 5) is 17.5. The number of likely N-dealkylation sites (N-methyl/N-ethyl adjacent to an activating group) is 1. The van der Waals surface area contributed by atoms with Crippen LogP contribution in [0.4, 0.5) is 0 Å². The zero-order valence-corrected chi connectivity index (χ0v) is 14.7. The molecule has 23 heavy (non-hydrogen) atoms. The number of carbonyl (C=O) groups is 1. The van der Waals surface area contributed by atoms with Crippen LogP contribution >= 0.6 is 0 Å². The predicted octanol–water partition coefficient (Wildman–Crippen LogP) is 0.871. The fourth-order valence-electron chi connectivity index (χ4n) is 1.59. The van der Waals surface area contributed by atoms with Gasteiger partial charge in [0.1, 0.15) is 12.3 Å². The molecule has 0 bridgehead atoms. The molecule has 0 aliphatic carbocycles. The first-order valence-electron chi connectivity index (χ1n) is 7.64. The first-order valence-corrected chi connectivity index (χ1v) is 7.64. The smallest absolute Gasteiger partial charge is 0.243 e. The van der Waals surface area contributed by atoms with Crippen LogP contribution in [0.3, 0.4) is 0 Å². The Kier molecular flexibility index (Phi) is 7.61. The Bertz CT molecular complexity index is 495. The summed E-state index contributed by atoms with van der Waals surface area (Å²) < 4.78 is 10.7. The van der Waals surface area contributed by atoms with Gasteiger partial charge in [0.2, 0.25) is 5.91 Å². The summed E-state index contributed by atoms with van der Waals surface area (Å²) in [5.41, 5.74) is -0.324. The number of hydrogen-bond donors (Lipinski definition) is 2. The number of hydrogen-bond acceptors (Lipinski definition) is 4. The van der Waals surface area contributed by atoms with Crippen molar-refractivity contribution in [3.8, 4) is 0 Å². The molecular formula is C16H28N4O3. The van der Waals surface area contributed by atoms with Gasteiger partial charge >= 0.3 is 0 Å². The number of amides is 1. The van der Waals surface area contributed by atoms with E-state index in [1.807, 2.05) is 26.0 Å². The Balaban J connectivity index is 2.55. The Labute approximate surface area is 138 Å². The minimum Gasteiger partial charge on any atom is -0.469 e. The Hall–Kier alpha value is -2.02. The first kappa shape index (κ1) is 19.0. The minimum atomic E-state index is -0.324. The van der Waals surface area contributed by atoms with Gasteiger partial charge in [-0.3, -0.25) is 4.79 Å². The number of nitrogens with zero attached hydrogens (tertiary/aromatic N) is 2. The highest BCUT2D eigenvalue weighted by atomic mass is 16.5. The van der Waals surface area contributed by atoms with E-state index in [1.165, 1.54) is 4.90 Å². The number of ether oxygens (including phenoxy) is 1. The molecule has 1 aromatic rings. The van der Waals surface area contributed by atoms with E-state index in [0.29, 0.717) is 19.0 Å². The summed E-state index contributed by atoms with van der Waals surface area (Å²) in [5.74, 6) is 1.43. The molecule has 1 heterocycles. The van der Waals surface area contributed by atoms with Crippen LogP contribution in [0, 0.1) is 0 Å². The zero-order chi connectivity index (χ0) is 17.3. The highest BCUT2D eigenvalue weighted by molar-refractivity contribution is 5.84. The quantitative estimate of drug-likeness (QED) is 0.548. The second kappa shape index (κ2) is 9.19. The van der Waals surface area contributed by atoms with Crippen molar-refractivity contribution >= 4 is 11.9 Å². The van der Waals surface area contributed by atoms with Gasteiger partial charge in [-0.15, -0.1) is 0 Å². The number of aliphatic imine (C=N–C) groups is 1. The molecule has 0 unspecified atom stereocenters. The Morgan fingerprint density at radius 2 is 2.13 bits per heavy atom. The lowest BCUT2D eigenvalue weighted by Gasteiger charge is -2.24. The second-order valence-electron chi connectivity index (χ2n) is 6.03. The number of carbonyl (C=O) groups excluding carboxylic acids is 1. The molecule has 0 aromatic carbocycles. The van der Waals surface area contributed by atoms with E-state index in [4.69, 9.17) is 9.15 Å². The topological polar surface area (TPSA) is 79.1 Å². The van der Waals surface area contributed by atoms with E-state index in [1.54, 1.807) is 27.5 Å². The van der Waals surface area contributed by atoms with Gasteiger partial charge in [-0.05, 0) is 26.0 Å². The first-order chi connectivity index (χ1) is 10.8. The van der Waals surface area contributed by atoms with Crippen molar-refractivity contribution in [3.63, 3.8) is 0 Å². The molecule has 0 radical (unpaired) electrons. The fraction of sp³-hybridized carbons (Fsp3) is 0.625. The molecule has 1 rings (SSSR count). The van der Waals surface area contributed by atoms with Gasteiger partial charge in [-0.2, -0.15) is 0 Å². The molecule has 0 saturated carbocycles. The third kappa shape index (κ3) is 7.69. The van der Waals surface area contributed by atoms with Gasteiger partial charge in [0.15, 0.2) is 5.96 Å². The average molecular weight is 324 g/mol. The molecule has 0 aliphatic rings. The van der Waals surface area contributed by atoms with E-state index >= 15 is 0 Å². The van der Waals surface area contributed by atoms with Crippen LogP contribution in [0.25, 0.3) is 0 Å². The fourth-order valence-corrected chi connectivity index (χ4v) is 1.59. The molecule has 130 valence electrons. The lowest BCUT2D eigenvalue weighted by Crippen LogP contribution is -2.46. The standard InChI is InChI=1S/C16H28N4O3/c1-16(2,22-5)12-19-15(18-11-14(21)20(3)4)17-9-8-13-7-6-10-23-13/h6-7,10H,8-9,11-12H2,1-5H3,(H2,17,18,19). The number of guanidine groups is 1. The summed E-state index contributed by atoms with van der Waals surface area (Å²) in [6.07, 6.45) is 2.39. The van der Waals surface area contributed by atoms with Crippen molar-refractivity contribution < 1.29 is 13.9 Å². The molecule has 7 nitrogen and oxygen atoms in total. The van der Waals surface area contributed by atoms with Crippen LogP contribution in [-0.2, 0) is 16.0 Å². The van der Waals surface area contributed by atoms with Gasteiger partial charge in [0, 0.05) is 40.7 Å². The molecule has 0 atom stereocenters. The predicted molar refractivity (Wildman–Crippen MR) is 90.5 cm³/mol. The van der Waals surface area contributed by atoms with Crippen LogP contribution in [0.1, 0.15) is 19.6 Å². The van der Waals surface area contributed by atoms with Gasteiger partial charge in [-0.25, -0.2) is 4.99 Å². The highest BCUT2D eigenvalue weighted by Crippen LogP contribution is 2.04. The molecule has 1 amide bonds. The van der Waals surface area contributed by atoms with Gasteiger partial charge < -0.3 is 24.7 Å². The largest absolute Gasteiger partial charge is 0.469 e. The third-order valence-corrected chi connectivity index (χ3v) is 3.35. The average Bonchev–Trinajstić information content (AvgIpc) is 3.02. The molecular weight excluding hydrogens is 296 g/mol. The monoisotopic (exact) mass is 324 g/mol. The molecule has 0 aliphatic heterocycles. The molecule has 2 N–H and O–H groups in total. The van der Waals surface area contributed by atoms with Crippen LogP contribution in [0.5, 0.6) is 0 Å². The SMILES string of the molecule is COC(C)(C)CNC(=NCC(=O)N(C)C)NCCc1ccco1. The lowest BCUT2D eigenvalue weighted by atomic mass is 10.1. The van der Waals surface area contributed by atoms with Crippen LogP contribution in [0.15, 0.2) is 27.8 Å². The minimum absolute atomic E-state index is 0.0527. The molecule has 7 heteroatoms. The molecule has 0 fully saturated rings. The van der Waals surface area contributed by atoms with Gasteiger partial charge in [0.05, 0.1) is 11.9 Å². The summed E-state index contributed by atoms with van der Waals surface area (Å²) in [6.45, 7) is 5.28. The highest BCUT2D eigenvalue weighted by Gasteiger charge is 2.16. The van der Waals surface area contributed by atoms with Crippen molar-refractivity contribution in [2.75, 3.05) is 40.8 Å². The molecule has 0 saturated heterocycles. The van der Waals surface area contributed by atoms with E-state index in [2.05, 4.69) is 15.6 Å². The van der Waals surface area contributed by atoms with Crippen LogP contribution < -0.4 is 10.6 Å². The normalized spacial score (nSPS) is 12.1. The van der Waals surface area contributed by atoms with Gasteiger partial charge in [-0.1, -0.05) is 0 Å². The number of methoxy groups -OCH3 is 1. The molecule has 0 spiro atoms. The Morgan fingerprint density at radius 3 is 2.70 bits per heavy atom. The summed E-state index contributed by atoms with van der Waals surface area (Å²) in [6, 6.07) is 3.79. The van der Waals surface area contributed by atoms with Crippen molar-refractivity contribution in [1.82, 2.24) is 15.5 Å². The van der Waals surface area contributed by atoms with Crippen LogP contribution in [-0.4, -0.2) is 63.2 Å². The van der Waals surface area contributed by atoms with E-state index in [9.17, 15) is 4.79 Å². The Morgan fingerprint density at radius 1 is 1.39 bits per heavy atom. The van der Waals surface area contributed by atoms with Gasteiger partial charge in [0.25, 0.3) is 0 Å². The molecule has 1 aromatic heterocycles. The van der Waals surface area contributed by atoms with Crippen LogP contribution in [0.2, 0.25) is 0 Å². The van der Waals surface area contributed by atoms with E-state index in [0.717, 1.165) is 12.2 Å². The van der Waals surface area contributed by atoms with Crippen molar-refractivity contribution in [1.29, 1.82) is 0 Å². The van der Waals surface area contributed by atoms with Crippen molar-refractivity contribution in [3.05, 3.63) is 24.2 Å². The van der Waals surface area contributed by atoms with Crippen molar-refractivity contribution in [2.45, 2.75) is 25.9 Å². The number of furan rings is 1. The van der Waals surface area contributed by atoms with Crippen molar-refractivity contribution in [2.24, 2.45) is 4.99 Å². The summed E-state index contributed by atoms with van der Waals surface area (Å²) in [5, 5.41) is 6.40. The van der Waals surface area contributed by atoms with E-state index < -0.39 is 0 Å². The summed E-state index contributed by atoms with van der Waals surface area (Å²) in [7, 11) is 5.09. The lowest BCUT2D eigenvalue weighted by molar-refractivity contribution is -0.127. The second-order valence-corrected chi connectivity index (χ2v) is 6.03. The maximum Gasteiger partial charge on any atom is 0.243 e.